The zero-order valence-corrected chi connectivity index (χ0v) is 6.52. The Labute approximate surface area is 66.4 Å². The average molecular weight is 150 g/mol. The van der Waals surface area contributed by atoms with Crippen molar-refractivity contribution >= 4 is 0 Å². The highest BCUT2D eigenvalue weighted by Crippen LogP contribution is 1.74. The molecule has 0 atom stereocenters. The topological polar surface area (TPSA) is 18.5 Å². The molecule has 0 N–H and O–H groups in total. The van der Waals surface area contributed by atoms with Crippen molar-refractivity contribution in [3.63, 3.8) is 0 Å². The van der Waals surface area contributed by atoms with E-state index in [1.54, 1.807) is 13.2 Å². The van der Waals surface area contributed by atoms with Crippen LogP contribution in [-0.2, 0) is 9.47 Å². The van der Waals surface area contributed by atoms with Crippen LogP contribution in [0, 0.1) is 0 Å². The fraction of sp³-hybridized carbons (Fsp3) is 0.333. The van der Waals surface area contributed by atoms with Gasteiger partial charge < -0.3 is 9.47 Å². The van der Waals surface area contributed by atoms with E-state index in [0.717, 1.165) is 0 Å². The molecular formula is C9H10O2. The van der Waals surface area contributed by atoms with Crippen molar-refractivity contribution in [2.75, 3.05) is 20.5 Å². The summed E-state index contributed by atoms with van der Waals surface area (Å²) in [4.78, 5) is 0. The van der Waals surface area contributed by atoms with E-state index in [2.05, 4.69) is 34.2 Å². The van der Waals surface area contributed by atoms with Gasteiger partial charge in [-0.05, 0) is 24.1 Å². The summed E-state index contributed by atoms with van der Waals surface area (Å²) in [6, 6.07) is 0. The Balaban J connectivity index is 3.61. The molecule has 58 valence electrons. The maximum absolute atomic E-state index is 4.92. The fourth-order valence-electron chi connectivity index (χ4n) is 0.363. The highest BCUT2D eigenvalue weighted by molar-refractivity contribution is 4.85. The highest BCUT2D eigenvalue weighted by atomic mass is 16.7. The van der Waals surface area contributed by atoms with Crippen molar-refractivity contribution in [2.45, 2.75) is 0 Å². The van der Waals surface area contributed by atoms with E-state index in [0.29, 0.717) is 13.4 Å². The number of ether oxygens (including phenoxy) is 2. The van der Waals surface area contributed by atoms with Gasteiger partial charge in [0.2, 0.25) is 0 Å². The van der Waals surface area contributed by atoms with Gasteiger partial charge in [-0.2, -0.15) is 0 Å². The van der Waals surface area contributed by atoms with Crippen LogP contribution in [0.3, 0.4) is 0 Å². The first kappa shape index (κ1) is 9.78. The normalized spacial score (nSPS) is 7.00. The zero-order chi connectivity index (χ0) is 8.36. The predicted octanol–water partition coefficient (Wildman–Crippen LogP) is 1.41. The molecule has 0 aromatic rings. The second-order valence-corrected chi connectivity index (χ2v) is 1.55. The van der Waals surface area contributed by atoms with Gasteiger partial charge in [-0.15, -0.1) is 0 Å². The molecule has 0 heterocycles. The van der Waals surface area contributed by atoms with Crippen molar-refractivity contribution in [3.8, 4) is 0 Å². The summed E-state index contributed by atoms with van der Waals surface area (Å²) in [5, 5.41) is 0. The summed E-state index contributed by atoms with van der Waals surface area (Å²) < 4.78 is 9.56. The first-order chi connectivity index (χ1) is 5.41. The van der Waals surface area contributed by atoms with Gasteiger partial charge in [-0.25, -0.2) is 0 Å². The molecule has 2 nitrogen and oxygen atoms in total. The third-order valence-corrected chi connectivity index (χ3v) is 0.727. The summed E-state index contributed by atoms with van der Waals surface area (Å²) in [5.74, 6) is 0. The van der Waals surface area contributed by atoms with E-state index in [4.69, 9.17) is 4.74 Å². The Morgan fingerprint density at radius 1 is 1.45 bits per heavy atom. The quantitative estimate of drug-likeness (QED) is 0.343. The lowest BCUT2D eigenvalue weighted by molar-refractivity contribution is -0.0186. The Bertz CT molecular complexity index is 230. The van der Waals surface area contributed by atoms with E-state index in [1.807, 2.05) is 0 Å². The van der Waals surface area contributed by atoms with Crippen LogP contribution < -0.4 is 0 Å². The first-order valence-electron chi connectivity index (χ1n) is 3.07. The van der Waals surface area contributed by atoms with Crippen molar-refractivity contribution in [1.82, 2.24) is 0 Å². The predicted molar refractivity (Wildman–Crippen MR) is 42.1 cm³/mol. The van der Waals surface area contributed by atoms with Crippen molar-refractivity contribution in [2.24, 2.45) is 0 Å². The SMILES string of the molecule is C=C=C=C=C=CCOCOC. The summed E-state index contributed by atoms with van der Waals surface area (Å²) in [6.07, 6.45) is 1.67. The lowest BCUT2D eigenvalue weighted by Crippen LogP contribution is -1.94. The van der Waals surface area contributed by atoms with Crippen LogP contribution in [0.2, 0.25) is 0 Å². The standard InChI is InChI=1S/C9H10O2/c1-3-4-5-6-7-8-11-9-10-2/h7H,1,8-9H2,2H3. The molecule has 0 bridgehead atoms. The molecule has 11 heavy (non-hydrogen) atoms. The molecular weight excluding hydrogens is 140 g/mol. The third-order valence-electron chi connectivity index (χ3n) is 0.727. The monoisotopic (exact) mass is 150 g/mol. The molecule has 0 fully saturated rings. The van der Waals surface area contributed by atoms with Crippen LogP contribution in [0.4, 0.5) is 0 Å². The third kappa shape index (κ3) is 8.78. The van der Waals surface area contributed by atoms with Gasteiger partial charge in [-0.1, -0.05) is 11.5 Å². The maximum atomic E-state index is 4.92. The van der Waals surface area contributed by atoms with Gasteiger partial charge in [0.05, 0.1) is 6.61 Å². The zero-order valence-electron chi connectivity index (χ0n) is 6.52. The number of methoxy groups -OCH3 is 1. The van der Waals surface area contributed by atoms with Crippen LogP contribution in [-0.4, -0.2) is 20.5 Å². The van der Waals surface area contributed by atoms with Gasteiger partial charge in [0.25, 0.3) is 0 Å². The van der Waals surface area contributed by atoms with Gasteiger partial charge >= 0.3 is 0 Å². The minimum absolute atomic E-state index is 0.291. The molecule has 0 saturated carbocycles. The maximum Gasteiger partial charge on any atom is 0.146 e. The minimum atomic E-state index is 0.291. The Hall–Kier alpha value is -1.22. The number of hydrogen-bond donors (Lipinski definition) is 0. The van der Waals surface area contributed by atoms with Gasteiger partial charge in [0, 0.05) is 7.11 Å². The average Bonchev–Trinajstić information content (AvgIpc) is 2.03. The molecule has 0 spiro atoms. The van der Waals surface area contributed by atoms with Crippen LogP contribution in [0.5, 0.6) is 0 Å². The van der Waals surface area contributed by atoms with Crippen LogP contribution in [0.1, 0.15) is 0 Å². The van der Waals surface area contributed by atoms with Crippen LogP contribution in [0.25, 0.3) is 0 Å². The number of rotatable bonds is 4. The highest BCUT2D eigenvalue weighted by Gasteiger charge is 1.75. The number of hydrogen-bond acceptors (Lipinski definition) is 2. The van der Waals surface area contributed by atoms with Crippen LogP contribution in [0.15, 0.2) is 35.6 Å². The largest absolute Gasteiger partial charge is 0.359 e. The van der Waals surface area contributed by atoms with E-state index in [9.17, 15) is 0 Å². The molecule has 0 saturated heterocycles. The lowest BCUT2D eigenvalue weighted by Gasteiger charge is -1.94. The van der Waals surface area contributed by atoms with E-state index in [-0.39, 0.29) is 0 Å². The van der Waals surface area contributed by atoms with Gasteiger partial charge in [-0.3, -0.25) is 0 Å². The Morgan fingerprint density at radius 2 is 2.27 bits per heavy atom. The van der Waals surface area contributed by atoms with E-state index < -0.39 is 0 Å². The molecule has 0 aromatic carbocycles. The summed E-state index contributed by atoms with van der Waals surface area (Å²) in [7, 11) is 1.57. The molecule has 0 radical (unpaired) electrons. The molecule has 2 heteroatoms. The van der Waals surface area contributed by atoms with E-state index >= 15 is 0 Å². The fourth-order valence-corrected chi connectivity index (χ4v) is 0.363. The van der Waals surface area contributed by atoms with Crippen molar-refractivity contribution in [3.05, 3.63) is 35.6 Å². The summed E-state index contributed by atoms with van der Waals surface area (Å²) in [5.41, 5.74) is 10.1. The van der Waals surface area contributed by atoms with Gasteiger partial charge in [0.15, 0.2) is 0 Å². The Kier molecular flexibility index (Phi) is 7.81. The van der Waals surface area contributed by atoms with Crippen molar-refractivity contribution in [1.29, 1.82) is 0 Å². The van der Waals surface area contributed by atoms with E-state index in [1.165, 1.54) is 0 Å². The molecule has 0 aromatic heterocycles. The van der Waals surface area contributed by atoms with Crippen molar-refractivity contribution < 1.29 is 9.47 Å². The molecule has 0 rings (SSSR count). The smallest absolute Gasteiger partial charge is 0.146 e. The Morgan fingerprint density at radius 3 is 2.91 bits per heavy atom. The second kappa shape index (κ2) is 8.78. The molecule has 0 aliphatic carbocycles. The summed E-state index contributed by atoms with van der Waals surface area (Å²) >= 11 is 0. The summed E-state index contributed by atoms with van der Waals surface area (Å²) in [6.45, 7) is 4.05. The lowest BCUT2D eigenvalue weighted by atomic mass is 10.6. The second-order valence-electron chi connectivity index (χ2n) is 1.55. The van der Waals surface area contributed by atoms with Crippen LogP contribution >= 0.6 is 0 Å². The molecule has 0 aliphatic heterocycles. The minimum Gasteiger partial charge on any atom is -0.359 e. The molecule has 0 aliphatic rings. The van der Waals surface area contributed by atoms with Gasteiger partial charge in [0.1, 0.15) is 6.79 Å². The molecule has 0 unspecified atom stereocenters. The first-order valence-corrected chi connectivity index (χ1v) is 3.07. The molecule has 0 amide bonds.